The summed E-state index contributed by atoms with van der Waals surface area (Å²) in [4.78, 5) is 19.5. The molecule has 0 aliphatic heterocycles. The van der Waals surface area contributed by atoms with Crippen LogP contribution in [0.1, 0.15) is 13.3 Å². The SMILES string of the molecule is CC(N)CC(=O)Nc1ccc(-n2cncn2)nc1.Cl.Cl. The number of pyridine rings is 1. The van der Waals surface area contributed by atoms with E-state index < -0.39 is 0 Å². The highest BCUT2D eigenvalue weighted by Gasteiger charge is 2.06. The Hall–Kier alpha value is -1.70. The number of nitrogens with two attached hydrogens (primary N) is 1. The second kappa shape index (κ2) is 8.47. The van der Waals surface area contributed by atoms with E-state index in [0.29, 0.717) is 11.5 Å². The van der Waals surface area contributed by atoms with Gasteiger partial charge in [0.15, 0.2) is 5.82 Å². The summed E-state index contributed by atoms with van der Waals surface area (Å²) in [7, 11) is 0. The molecule has 0 aliphatic carbocycles. The standard InChI is InChI=1S/C11H14N6O.2ClH/c1-8(12)4-11(18)16-9-2-3-10(14-5-9)17-7-13-6-15-17;;/h2-3,5-8H,4,12H2,1H3,(H,16,18);2*1H. The Morgan fingerprint density at radius 2 is 2.20 bits per heavy atom. The van der Waals surface area contributed by atoms with Gasteiger partial charge in [-0.05, 0) is 19.1 Å². The summed E-state index contributed by atoms with van der Waals surface area (Å²) < 4.78 is 1.54. The number of rotatable bonds is 4. The molecule has 0 aliphatic rings. The average Bonchev–Trinajstić information content (AvgIpc) is 2.82. The van der Waals surface area contributed by atoms with Crippen molar-refractivity contribution in [2.45, 2.75) is 19.4 Å². The van der Waals surface area contributed by atoms with Crippen LogP contribution in [0.4, 0.5) is 5.69 Å². The zero-order valence-corrected chi connectivity index (χ0v) is 12.4. The maximum Gasteiger partial charge on any atom is 0.225 e. The van der Waals surface area contributed by atoms with Crippen molar-refractivity contribution in [3.8, 4) is 5.82 Å². The van der Waals surface area contributed by atoms with Crippen LogP contribution in [0.25, 0.3) is 5.82 Å². The fourth-order valence-corrected chi connectivity index (χ4v) is 1.43. The number of hydrogen-bond donors (Lipinski definition) is 2. The lowest BCUT2D eigenvalue weighted by Crippen LogP contribution is -2.24. The van der Waals surface area contributed by atoms with Crippen LogP contribution in [-0.4, -0.2) is 31.7 Å². The predicted molar refractivity (Wildman–Crippen MR) is 80.5 cm³/mol. The molecule has 2 heterocycles. The van der Waals surface area contributed by atoms with Crippen molar-refractivity contribution in [1.29, 1.82) is 0 Å². The molecule has 0 aromatic carbocycles. The van der Waals surface area contributed by atoms with E-state index >= 15 is 0 Å². The fourth-order valence-electron chi connectivity index (χ4n) is 1.43. The lowest BCUT2D eigenvalue weighted by atomic mass is 10.2. The first-order valence-corrected chi connectivity index (χ1v) is 5.51. The van der Waals surface area contributed by atoms with Crippen molar-refractivity contribution in [2.24, 2.45) is 5.73 Å². The minimum absolute atomic E-state index is 0. The Labute approximate surface area is 128 Å². The van der Waals surface area contributed by atoms with Crippen molar-refractivity contribution in [1.82, 2.24) is 19.7 Å². The van der Waals surface area contributed by atoms with E-state index in [1.54, 1.807) is 31.6 Å². The van der Waals surface area contributed by atoms with Crippen LogP contribution >= 0.6 is 24.8 Å². The van der Waals surface area contributed by atoms with Crippen LogP contribution in [0.5, 0.6) is 0 Å². The Balaban J connectivity index is 0.00000180. The highest BCUT2D eigenvalue weighted by atomic mass is 35.5. The van der Waals surface area contributed by atoms with E-state index in [4.69, 9.17) is 5.73 Å². The predicted octanol–water partition coefficient (Wildman–Crippen LogP) is 1.18. The first kappa shape index (κ1) is 18.3. The number of carbonyl (C=O) groups excluding carboxylic acids is 1. The van der Waals surface area contributed by atoms with Crippen LogP contribution in [0.15, 0.2) is 31.0 Å². The van der Waals surface area contributed by atoms with E-state index in [2.05, 4.69) is 20.4 Å². The summed E-state index contributed by atoms with van der Waals surface area (Å²) in [5.41, 5.74) is 6.17. The first-order valence-electron chi connectivity index (χ1n) is 5.51. The Kier molecular flexibility index (Phi) is 7.75. The molecular weight excluding hydrogens is 303 g/mol. The van der Waals surface area contributed by atoms with Gasteiger partial charge in [-0.25, -0.2) is 14.6 Å². The molecule has 9 heteroatoms. The van der Waals surface area contributed by atoms with Gasteiger partial charge in [0.25, 0.3) is 0 Å². The van der Waals surface area contributed by atoms with Gasteiger partial charge in [-0.2, -0.15) is 5.10 Å². The molecule has 110 valence electrons. The molecule has 0 bridgehead atoms. The molecule has 20 heavy (non-hydrogen) atoms. The van der Waals surface area contributed by atoms with Crippen LogP contribution < -0.4 is 11.1 Å². The highest BCUT2D eigenvalue weighted by Crippen LogP contribution is 2.09. The fraction of sp³-hybridized carbons (Fsp3) is 0.273. The van der Waals surface area contributed by atoms with Gasteiger partial charge in [0.2, 0.25) is 5.91 Å². The number of carbonyl (C=O) groups is 1. The molecule has 2 aromatic heterocycles. The van der Waals surface area contributed by atoms with E-state index in [0.717, 1.165) is 0 Å². The maximum absolute atomic E-state index is 11.5. The quantitative estimate of drug-likeness (QED) is 0.882. The van der Waals surface area contributed by atoms with Crippen LogP contribution in [0.3, 0.4) is 0 Å². The van der Waals surface area contributed by atoms with Gasteiger partial charge in [0, 0.05) is 12.5 Å². The molecule has 0 saturated carbocycles. The van der Waals surface area contributed by atoms with Gasteiger partial charge in [-0.15, -0.1) is 24.8 Å². The molecule has 0 spiro atoms. The lowest BCUT2D eigenvalue weighted by Gasteiger charge is -2.07. The summed E-state index contributed by atoms with van der Waals surface area (Å²) in [6, 6.07) is 3.34. The first-order chi connectivity index (χ1) is 8.65. The average molecular weight is 319 g/mol. The Bertz CT molecular complexity index is 514. The molecule has 2 rings (SSSR count). The molecular formula is C11H16Cl2N6O. The van der Waals surface area contributed by atoms with Crippen molar-refractivity contribution in [3.63, 3.8) is 0 Å². The number of amides is 1. The third-order valence-corrected chi connectivity index (χ3v) is 2.19. The molecule has 1 atom stereocenters. The summed E-state index contributed by atoms with van der Waals surface area (Å²) in [5, 5.41) is 6.67. The number of hydrogen-bond acceptors (Lipinski definition) is 5. The smallest absolute Gasteiger partial charge is 0.225 e. The number of nitrogens with one attached hydrogen (secondary N) is 1. The third kappa shape index (κ3) is 5.12. The third-order valence-electron chi connectivity index (χ3n) is 2.19. The summed E-state index contributed by atoms with van der Waals surface area (Å²) in [6.45, 7) is 1.78. The molecule has 1 unspecified atom stereocenters. The molecule has 0 saturated heterocycles. The van der Waals surface area contributed by atoms with E-state index in [9.17, 15) is 4.79 Å². The monoisotopic (exact) mass is 318 g/mol. The van der Waals surface area contributed by atoms with Crippen molar-refractivity contribution >= 4 is 36.4 Å². The van der Waals surface area contributed by atoms with Gasteiger partial charge < -0.3 is 11.1 Å². The van der Waals surface area contributed by atoms with Gasteiger partial charge in [0.1, 0.15) is 12.7 Å². The summed E-state index contributed by atoms with van der Waals surface area (Å²) >= 11 is 0. The van der Waals surface area contributed by atoms with Crippen molar-refractivity contribution in [2.75, 3.05) is 5.32 Å². The summed E-state index contributed by atoms with van der Waals surface area (Å²) in [5.74, 6) is 0.512. The Morgan fingerprint density at radius 3 is 2.70 bits per heavy atom. The molecule has 0 fully saturated rings. The zero-order valence-electron chi connectivity index (χ0n) is 10.8. The zero-order chi connectivity index (χ0) is 13.0. The number of halogens is 2. The highest BCUT2D eigenvalue weighted by molar-refractivity contribution is 5.90. The molecule has 1 amide bonds. The minimum Gasteiger partial charge on any atom is -0.327 e. The molecule has 0 radical (unpaired) electrons. The number of nitrogens with zero attached hydrogens (tertiary/aromatic N) is 4. The topological polar surface area (TPSA) is 98.7 Å². The number of aromatic nitrogens is 4. The molecule has 7 nitrogen and oxygen atoms in total. The van der Waals surface area contributed by atoms with E-state index in [1.165, 1.54) is 11.0 Å². The second-order valence-electron chi connectivity index (χ2n) is 3.97. The van der Waals surface area contributed by atoms with Gasteiger partial charge in [-0.1, -0.05) is 0 Å². The van der Waals surface area contributed by atoms with Gasteiger partial charge in [-0.3, -0.25) is 4.79 Å². The summed E-state index contributed by atoms with van der Waals surface area (Å²) in [6.07, 6.45) is 4.83. The van der Waals surface area contributed by atoms with Crippen LogP contribution in [0.2, 0.25) is 0 Å². The lowest BCUT2D eigenvalue weighted by molar-refractivity contribution is -0.116. The molecule has 3 N–H and O–H groups in total. The van der Waals surface area contributed by atoms with Crippen molar-refractivity contribution in [3.05, 3.63) is 31.0 Å². The van der Waals surface area contributed by atoms with Crippen LogP contribution in [0, 0.1) is 0 Å². The normalized spacial score (nSPS) is 10.9. The number of anilines is 1. The largest absolute Gasteiger partial charge is 0.327 e. The van der Waals surface area contributed by atoms with Gasteiger partial charge >= 0.3 is 0 Å². The second-order valence-corrected chi connectivity index (χ2v) is 3.97. The minimum atomic E-state index is -0.160. The maximum atomic E-state index is 11.5. The van der Waals surface area contributed by atoms with Crippen molar-refractivity contribution < 1.29 is 4.79 Å². The van der Waals surface area contributed by atoms with Gasteiger partial charge in [0.05, 0.1) is 11.9 Å². The Morgan fingerprint density at radius 1 is 1.45 bits per heavy atom. The molecule has 2 aromatic rings. The van der Waals surface area contributed by atoms with Crippen LogP contribution in [-0.2, 0) is 4.79 Å². The van der Waals surface area contributed by atoms with E-state index in [1.807, 2.05) is 0 Å². The van der Waals surface area contributed by atoms with E-state index in [-0.39, 0.29) is 43.2 Å².